The van der Waals surface area contributed by atoms with Gasteiger partial charge in [-0.25, -0.2) is 0 Å². The smallest absolute Gasteiger partial charge is 0.313 e. The predicted molar refractivity (Wildman–Crippen MR) is 109 cm³/mol. The highest BCUT2D eigenvalue weighted by Crippen LogP contribution is 2.25. The minimum atomic E-state index is -0.682. The second-order valence-electron chi connectivity index (χ2n) is 7.00. The van der Waals surface area contributed by atoms with Gasteiger partial charge in [0.15, 0.2) is 0 Å². The molecule has 3 rings (SSSR count). The van der Waals surface area contributed by atoms with E-state index >= 15 is 0 Å². The maximum Gasteiger partial charge on any atom is 0.313 e. The molecule has 0 saturated carbocycles. The van der Waals surface area contributed by atoms with Gasteiger partial charge in [-0.15, -0.1) is 0 Å². The molecule has 28 heavy (non-hydrogen) atoms. The zero-order valence-corrected chi connectivity index (χ0v) is 16.3. The predicted octanol–water partition coefficient (Wildman–Crippen LogP) is 2.37. The van der Waals surface area contributed by atoms with Crippen LogP contribution in [0.5, 0.6) is 5.75 Å². The average molecular weight is 382 g/mol. The number of anilines is 2. The monoisotopic (exact) mass is 382 g/mol. The molecule has 0 radical (unpaired) electrons. The number of aromatic nitrogens is 1. The Labute approximate surface area is 165 Å². The highest BCUT2D eigenvalue weighted by Gasteiger charge is 2.22. The SMILES string of the molecule is COc1ccc(C)cc1NC(=O)C(=O)NCC1CCN(c2ccncc2)CC1. The minimum Gasteiger partial charge on any atom is -0.495 e. The Bertz CT molecular complexity index is 818. The molecule has 2 N–H and O–H groups in total. The molecular formula is C21H26N4O3. The number of hydrogen-bond acceptors (Lipinski definition) is 5. The fourth-order valence-electron chi connectivity index (χ4n) is 3.37. The van der Waals surface area contributed by atoms with E-state index in [0.29, 0.717) is 23.9 Å². The second-order valence-corrected chi connectivity index (χ2v) is 7.00. The van der Waals surface area contributed by atoms with Gasteiger partial charge < -0.3 is 20.3 Å². The molecule has 0 unspecified atom stereocenters. The lowest BCUT2D eigenvalue weighted by Gasteiger charge is -2.33. The first-order valence-electron chi connectivity index (χ1n) is 9.45. The molecule has 2 heterocycles. The normalized spacial score (nSPS) is 14.4. The van der Waals surface area contributed by atoms with E-state index in [1.54, 1.807) is 24.5 Å². The number of carbonyl (C=O) groups excluding carboxylic acids is 2. The number of rotatable bonds is 5. The molecule has 7 nitrogen and oxygen atoms in total. The zero-order valence-electron chi connectivity index (χ0n) is 16.3. The molecule has 1 aliphatic heterocycles. The van der Waals surface area contributed by atoms with Gasteiger partial charge in [-0.3, -0.25) is 14.6 Å². The number of ether oxygens (including phenoxy) is 1. The highest BCUT2D eigenvalue weighted by molar-refractivity contribution is 6.39. The van der Waals surface area contributed by atoms with Gasteiger partial charge in [0.2, 0.25) is 0 Å². The van der Waals surface area contributed by atoms with Gasteiger partial charge in [-0.2, -0.15) is 0 Å². The molecular weight excluding hydrogens is 356 g/mol. The Balaban J connectivity index is 1.46. The lowest BCUT2D eigenvalue weighted by molar-refractivity contribution is -0.136. The number of nitrogens with zero attached hydrogens (tertiary/aromatic N) is 2. The first-order valence-corrected chi connectivity index (χ1v) is 9.45. The highest BCUT2D eigenvalue weighted by atomic mass is 16.5. The Hall–Kier alpha value is -3.09. The molecule has 7 heteroatoms. The van der Waals surface area contributed by atoms with Crippen LogP contribution in [0.2, 0.25) is 0 Å². The Kier molecular flexibility index (Phi) is 6.47. The van der Waals surface area contributed by atoms with Crippen molar-refractivity contribution in [1.29, 1.82) is 0 Å². The Morgan fingerprint density at radius 3 is 2.54 bits per heavy atom. The number of aryl methyl sites for hydroxylation is 1. The number of carbonyl (C=O) groups is 2. The van der Waals surface area contributed by atoms with Gasteiger partial charge in [0.1, 0.15) is 5.75 Å². The number of benzene rings is 1. The molecule has 2 aromatic rings. The molecule has 1 aromatic heterocycles. The third kappa shape index (κ3) is 5.00. The van der Waals surface area contributed by atoms with Crippen LogP contribution in [0.15, 0.2) is 42.7 Å². The molecule has 1 fully saturated rings. The van der Waals surface area contributed by atoms with Crippen molar-refractivity contribution in [2.75, 3.05) is 37.0 Å². The average Bonchev–Trinajstić information content (AvgIpc) is 2.73. The van der Waals surface area contributed by atoms with E-state index < -0.39 is 11.8 Å². The van der Waals surface area contributed by atoms with Crippen LogP contribution in [0.4, 0.5) is 11.4 Å². The van der Waals surface area contributed by atoms with Crippen LogP contribution >= 0.6 is 0 Å². The second kappa shape index (κ2) is 9.21. The topological polar surface area (TPSA) is 83.6 Å². The van der Waals surface area contributed by atoms with E-state index in [9.17, 15) is 9.59 Å². The summed E-state index contributed by atoms with van der Waals surface area (Å²) in [6, 6.07) is 9.43. The minimum absolute atomic E-state index is 0.364. The van der Waals surface area contributed by atoms with Crippen molar-refractivity contribution in [3.05, 3.63) is 48.3 Å². The van der Waals surface area contributed by atoms with Gasteiger partial charge in [0.05, 0.1) is 12.8 Å². The van der Waals surface area contributed by atoms with Crippen molar-refractivity contribution in [2.45, 2.75) is 19.8 Å². The number of pyridine rings is 1. The summed E-state index contributed by atoms with van der Waals surface area (Å²) < 4.78 is 5.23. The Morgan fingerprint density at radius 1 is 1.14 bits per heavy atom. The van der Waals surface area contributed by atoms with Crippen LogP contribution in [0.1, 0.15) is 18.4 Å². The van der Waals surface area contributed by atoms with Crippen LogP contribution in [0.25, 0.3) is 0 Å². The summed E-state index contributed by atoms with van der Waals surface area (Å²) in [5, 5.41) is 5.39. The van der Waals surface area contributed by atoms with Crippen LogP contribution in [0.3, 0.4) is 0 Å². The maximum absolute atomic E-state index is 12.2. The first kappa shape index (κ1) is 19.7. The molecule has 2 amide bonds. The van der Waals surface area contributed by atoms with Crippen molar-refractivity contribution in [3.63, 3.8) is 0 Å². The van der Waals surface area contributed by atoms with Crippen molar-refractivity contribution < 1.29 is 14.3 Å². The van der Waals surface area contributed by atoms with E-state index in [4.69, 9.17) is 4.74 Å². The quantitative estimate of drug-likeness (QED) is 0.776. The molecule has 1 aliphatic rings. The number of hydrogen-bond donors (Lipinski definition) is 2. The summed E-state index contributed by atoms with van der Waals surface area (Å²) in [5.41, 5.74) is 2.63. The molecule has 0 atom stereocenters. The molecule has 0 bridgehead atoms. The van der Waals surface area contributed by atoms with Gasteiger partial charge in [0, 0.05) is 37.7 Å². The third-order valence-electron chi connectivity index (χ3n) is 5.00. The third-order valence-corrected chi connectivity index (χ3v) is 5.00. The largest absolute Gasteiger partial charge is 0.495 e. The summed E-state index contributed by atoms with van der Waals surface area (Å²) in [6.45, 7) is 4.27. The lowest BCUT2D eigenvalue weighted by Crippen LogP contribution is -2.41. The molecule has 0 spiro atoms. The van der Waals surface area contributed by atoms with Crippen LogP contribution in [-0.4, -0.2) is 43.5 Å². The summed E-state index contributed by atoms with van der Waals surface area (Å²) in [6.07, 6.45) is 5.53. The Morgan fingerprint density at radius 2 is 1.86 bits per heavy atom. The lowest BCUT2D eigenvalue weighted by atomic mass is 9.96. The summed E-state index contributed by atoms with van der Waals surface area (Å²) >= 11 is 0. The van der Waals surface area contributed by atoms with E-state index in [-0.39, 0.29) is 0 Å². The van der Waals surface area contributed by atoms with Gasteiger partial charge >= 0.3 is 11.8 Å². The first-order chi connectivity index (χ1) is 13.6. The number of piperidine rings is 1. The summed E-state index contributed by atoms with van der Waals surface area (Å²) in [5.74, 6) is -0.420. The van der Waals surface area contributed by atoms with E-state index in [1.165, 1.54) is 12.8 Å². The van der Waals surface area contributed by atoms with Gasteiger partial charge in [0.25, 0.3) is 0 Å². The molecule has 1 aromatic carbocycles. The molecule has 148 valence electrons. The van der Waals surface area contributed by atoms with Crippen LogP contribution < -0.4 is 20.3 Å². The van der Waals surface area contributed by atoms with Crippen molar-refractivity contribution >= 4 is 23.2 Å². The van der Waals surface area contributed by atoms with Gasteiger partial charge in [-0.1, -0.05) is 6.07 Å². The summed E-state index contributed by atoms with van der Waals surface area (Å²) in [4.78, 5) is 30.8. The number of methoxy groups -OCH3 is 1. The fourth-order valence-corrected chi connectivity index (χ4v) is 3.37. The molecule has 1 saturated heterocycles. The van der Waals surface area contributed by atoms with Gasteiger partial charge in [-0.05, 0) is 55.5 Å². The molecule has 0 aliphatic carbocycles. The van der Waals surface area contributed by atoms with Crippen molar-refractivity contribution in [3.8, 4) is 5.75 Å². The summed E-state index contributed by atoms with van der Waals surface area (Å²) in [7, 11) is 1.53. The fraction of sp³-hybridized carbons (Fsp3) is 0.381. The zero-order chi connectivity index (χ0) is 19.9. The van der Waals surface area contributed by atoms with E-state index in [2.05, 4.69) is 20.5 Å². The van der Waals surface area contributed by atoms with E-state index in [0.717, 1.165) is 31.5 Å². The van der Waals surface area contributed by atoms with E-state index in [1.807, 2.05) is 25.1 Å². The van der Waals surface area contributed by atoms with Crippen molar-refractivity contribution in [2.24, 2.45) is 5.92 Å². The van der Waals surface area contributed by atoms with Crippen molar-refractivity contribution in [1.82, 2.24) is 10.3 Å². The maximum atomic E-state index is 12.2. The standard InChI is InChI=1S/C21H26N4O3/c1-15-3-4-19(28-2)18(13-15)24-21(27)20(26)23-14-16-7-11-25(12-8-16)17-5-9-22-10-6-17/h3-6,9-10,13,16H,7-8,11-12,14H2,1-2H3,(H,23,26)(H,24,27). The van der Waals surface area contributed by atoms with Crippen LogP contribution in [0, 0.1) is 12.8 Å². The number of amides is 2. The number of nitrogens with one attached hydrogen (secondary N) is 2. The van der Waals surface area contributed by atoms with Crippen LogP contribution in [-0.2, 0) is 9.59 Å².